The molecule has 0 aliphatic heterocycles. The normalized spacial score (nSPS) is 15.5. The predicted octanol–water partition coefficient (Wildman–Crippen LogP) is 1.99. The summed E-state index contributed by atoms with van der Waals surface area (Å²) in [5.74, 6) is -1.23. The zero-order valence-corrected chi connectivity index (χ0v) is 12.6. The van der Waals surface area contributed by atoms with Crippen LogP contribution in [0.15, 0.2) is 18.2 Å². The SMILES string of the molecule is CN(CC(=O)Nc1ccc(F)cc1F)C(CN)C1CC1.Cl. The van der Waals surface area contributed by atoms with Crippen molar-refractivity contribution in [2.45, 2.75) is 18.9 Å². The molecule has 1 atom stereocenters. The summed E-state index contributed by atoms with van der Waals surface area (Å²) >= 11 is 0. The van der Waals surface area contributed by atoms with Gasteiger partial charge in [0, 0.05) is 18.7 Å². The lowest BCUT2D eigenvalue weighted by atomic mass is 10.1. The fourth-order valence-electron chi connectivity index (χ4n) is 2.34. The van der Waals surface area contributed by atoms with Crippen LogP contribution in [-0.2, 0) is 4.79 Å². The molecule has 118 valence electrons. The number of hydrogen-bond acceptors (Lipinski definition) is 3. The highest BCUT2D eigenvalue weighted by atomic mass is 35.5. The number of nitrogens with zero attached hydrogens (tertiary/aromatic N) is 1. The third kappa shape index (κ3) is 4.91. The number of nitrogens with one attached hydrogen (secondary N) is 1. The molecule has 3 N–H and O–H groups in total. The molecule has 1 amide bonds. The van der Waals surface area contributed by atoms with Gasteiger partial charge in [0.05, 0.1) is 12.2 Å². The summed E-state index contributed by atoms with van der Waals surface area (Å²) in [4.78, 5) is 13.8. The lowest BCUT2D eigenvalue weighted by Crippen LogP contribution is -2.43. The van der Waals surface area contributed by atoms with Gasteiger partial charge in [0.2, 0.25) is 5.91 Å². The highest BCUT2D eigenvalue weighted by molar-refractivity contribution is 5.92. The summed E-state index contributed by atoms with van der Waals surface area (Å²) in [5.41, 5.74) is 5.70. The van der Waals surface area contributed by atoms with Gasteiger partial charge in [-0.05, 0) is 37.9 Å². The van der Waals surface area contributed by atoms with Crippen molar-refractivity contribution in [3.05, 3.63) is 29.8 Å². The minimum absolute atomic E-state index is 0. The first-order chi connectivity index (χ1) is 9.51. The number of amides is 1. The number of carbonyl (C=O) groups is 1. The van der Waals surface area contributed by atoms with E-state index in [1.54, 1.807) is 0 Å². The zero-order chi connectivity index (χ0) is 14.7. The molecular weight excluding hydrogens is 300 g/mol. The molecule has 1 aromatic carbocycles. The third-order valence-corrected chi connectivity index (χ3v) is 3.57. The highest BCUT2D eigenvalue weighted by Crippen LogP contribution is 2.34. The Morgan fingerprint density at radius 1 is 1.48 bits per heavy atom. The fourth-order valence-corrected chi connectivity index (χ4v) is 2.34. The van der Waals surface area contributed by atoms with E-state index in [0.29, 0.717) is 12.5 Å². The second-order valence-corrected chi connectivity index (χ2v) is 5.23. The van der Waals surface area contributed by atoms with Crippen molar-refractivity contribution in [3.63, 3.8) is 0 Å². The van der Waals surface area contributed by atoms with Crippen LogP contribution in [0.4, 0.5) is 14.5 Å². The van der Waals surface area contributed by atoms with Gasteiger partial charge in [-0.1, -0.05) is 0 Å². The Hall–Kier alpha value is -1.24. The van der Waals surface area contributed by atoms with Crippen molar-refractivity contribution in [2.24, 2.45) is 11.7 Å². The van der Waals surface area contributed by atoms with E-state index >= 15 is 0 Å². The Balaban J connectivity index is 0.00000220. The molecule has 4 nitrogen and oxygen atoms in total. The summed E-state index contributed by atoms with van der Waals surface area (Å²) < 4.78 is 26.2. The topological polar surface area (TPSA) is 58.4 Å². The first-order valence-corrected chi connectivity index (χ1v) is 6.66. The van der Waals surface area contributed by atoms with Crippen molar-refractivity contribution in [3.8, 4) is 0 Å². The maximum absolute atomic E-state index is 13.4. The minimum atomic E-state index is -0.779. The van der Waals surface area contributed by atoms with E-state index in [4.69, 9.17) is 5.73 Å². The third-order valence-electron chi connectivity index (χ3n) is 3.57. The molecule has 1 aromatic rings. The van der Waals surface area contributed by atoms with Crippen LogP contribution in [0, 0.1) is 17.6 Å². The monoisotopic (exact) mass is 319 g/mol. The number of carbonyl (C=O) groups excluding carboxylic acids is 1. The molecule has 1 unspecified atom stereocenters. The molecule has 2 rings (SSSR count). The maximum atomic E-state index is 13.4. The van der Waals surface area contributed by atoms with Crippen LogP contribution >= 0.6 is 12.4 Å². The summed E-state index contributed by atoms with van der Waals surface area (Å²) in [6, 6.07) is 3.24. The quantitative estimate of drug-likeness (QED) is 0.843. The molecule has 1 saturated carbocycles. The van der Waals surface area contributed by atoms with E-state index < -0.39 is 11.6 Å². The second-order valence-electron chi connectivity index (χ2n) is 5.23. The molecular formula is C14H20ClF2N3O. The molecule has 1 fully saturated rings. The number of hydrogen-bond donors (Lipinski definition) is 2. The van der Waals surface area contributed by atoms with Crippen LogP contribution in [0.1, 0.15) is 12.8 Å². The Kier molecular flexibility index (Phi) is 6.51. The standard InChI is InChI=1S/C14H19F2N3O.ClH/c1-19(13(7-17)9-2-3-9)8-14(20)18-12-5-4-10(15)6-11(12)16;/h4-6,9,13H,2-3,7-8,17H2,1H3,(H,18,20);1H. The van der Waals surface area contributed by atoms with Crippen LogP contribution < -0.4 is 11.1 Å². The average Bonchev–Trinajstić information content (AvgIpc) is 3.18. The molecule has 1 aliphatic rings. The van der Waals surface area contributed by atoms with Gasteiger partial charge >= 0.3 is 0 Å². The number of halogens is 3. The van der Waals surface area contributed by atoms with Gasteiger partial charge in [0.15, 0.2) is 0 Å². The second kappa shape index (κ2) is 7.68. The Morgan fingerprint density at radius 2 is 2.14 bits per heavy atom. The number of benzene rings is 1. The summed E-state index contributed by atoms with van der Waals surface area (Å²) in [5, 5.41) is 2.44. The molecule has 0 aromatic heterocycles. The fraction of sp³-hybridized carbons (Fsp3) is 0.500. The van der Waals surface area contributed by atoms with Crippen LogP contribution in [0.5, 0.6) is 0 Å². The zero-order valence-electron chi connectivity index (χ0n) is 11.8. The largest absolute Gasteiger partial charge is 0.329 e. The average molecular weight is 320 g/mol. The van der Waals surface area contributed by atoms with Crippen molar-refractivity contribution in [2.75, 3.05) is 25.5 Å². The molecule has 1 aliphatic carbocycles. The Bertz CT molecular complexity index is 497. The molecule has 0 saturated heterocycles. The maximum Gasteiger partial charge on any atom is 0.238 e. The smallest absolute Gasteiger partial charge is 0.238 e. The van der Waals surface area contributed by atoms with Gasteiger partial charge < -0.3 is 11.1 Å². The van der Waals surface area contributed by atoms with E-state index in [2.05, 4.69) is 5.32 Å². The Labute approximate surface area is 129 Å². The predicted molar refractivity (Wildman–Crippen MR) is 80.4 cm³/mol. The molecule has 0 bridgehead atoms. The van der Waals surface area contributed by atoms with Crippen molar-refractivity contribution in [1.29, 1.82) is 0 Å². The van der Waals surface area contributed by atoms with Crippen LogP contribution in [0.3, 0.4) is 0 Å². The lowest BCUT2D eigenvalue weighted by molar-refractivity contribution is -0.117. The first-order valence-electron chi connectivity index (χ1n) is 6.66. The Morgan fingerprint density at radius 3 is 2.67 bits per heavy atom. The van der Waals surface area contributed by atoms with E-state index in [1.165, 1.54) is 6.07 Å². The number of nitrogens with two attached hydrogens (primary N) is 1. The van der Waals surface area contributed by atoms with Gasteiger partial charge in [-0.2, -0.15) is 0 Å². The minimum Gasteiger partial charge on any atom is -0.329 e. The molecule has 0 spiro atoms. The van der Waals surface area contributed by atoms with Crippen LogP contribution in [-0.4, -0.2) is 37.0 Å². The van der Waals surface area contributed by atoms with E-state index in [9.17, 15) is 13.6 Å². The number of likely N-dealkylation sites (N-methyl/N-ethyl adjacent to an activating group) is 1. The summed E-state index contributed by atoms with van der Waals surface area (Å²) in [7, 11) is 1.83. The summed E-state index contributed by atoms with van der Waals surface area (Å²) in [6.45, 7) is 0.633. The van der Waals surface area contributed by atoms with Crippen molar-refractivity contribution in [1.82, 2.24) is 4.90 Å². The lowest BCUT2D eigenvalue weighted by Gasteiger charge is -2.26. The van der Waals surface area contributed by atoms with E-state index in [-0.39, 0.29) is 36.6 Å². The molecule has 0 radical (unpaired) electrons. The van der Waals surface area contributed by atoms with Gasteiger partial charge in [-0.3, -0.25) is 9.69 Å². The molecule has 7 heteroatoms. The van der Waals surface area contributed by atoms with E-state index in [1.807, 2.05) is 11.9 Å². The van der Waals surface area contributed by atoms with Gasteiger partial charge in [-0.15, -0.1) is 12.4 Å². The van der Waals surface area contributed by atoms with Gasteiger partial charge in [0.1, 0.15) is 11.6 Å². The van der Waals surface area contributed by atoms with Crippen LogP contribution in [0.25, 0.3) is 0 Å². The van der Waals surface area contributed by atoms with Crippen LogP contribution in [0.2, 0.25) is 0 Å². The first kappa shape index (κ1) is 17.8. The van der Waals surface area contributed by atoms with Gasteiger partial charge in [0.25, 0.3) is 0 Å². The highest BCUT2D eigenvalue weighted by Gasteiger charge is 2.33. The molecule has 21 heavy (non-hydrogen) atoms. The van der Waals surface area contributed by atoms with Crippen molar-refractivity contribution >= 4 is 24.0 Å². The number of rotatable bonds is 6. The summed E-state index contributed by atoms with van der Waals surface area (Å²) in [6.07, 6.45) is 2.28. The van der Waals surface area contributed by atoms with Gasteiger partial charge in [-0.25, -0.2) is 8.78 Å². The van der Waals surface area contributed by atoms with Crippen molar-refractivity contribution < 1.29 is 13.6 Å². The molecule has 0 heterocycles. The number of anilines is 1. The van der Waals surface area contributed by atoms with E-state index in [0.717, 1.165) is 25.0 Å².